The number of pyridine rings is 1. The molecule has 3 unspecified atom stereocenters. The first-order valence-corrected chi connectivity index (χ1v) is 10.3. The predicted molar refractivity (Wildman–Crippen MR) is 108 cm³/mol. The second-order valence-electron chi connectivity index (χ2n) is 9.39. The van der Waals surface area contributed by atoms with Crippen molar-refractivity contribution in [3.8, 4) is 0 Å². The highest BCUT2D eigenvalue weighted by Crippen LogP contribution is 2.56. The maximum absolute atomic E-state index is 12.9. The topological polar surface area (TPSA) is 93.3 Å². The van der Waals surface area contributed by atoms with Crippen LogP contribution in [0.15, 0.2) is 18.5 Å². The number of carbonyl (C=O) groups is 1. The lowest BCUT2D eigenvalue weighted by molar-refractivity contribution is -0.129. The van der Waals surface area contributed by atoms with E-state index in [0.29, 0.717) is 36.0 Å². The second kappa shape index (κ2) is 6.46. The largest absolute Gasteiger partial charge is 0.390 e. The molecular formula is C21H29N5O2. The lowest BCUT2D eigenvalue weighted by Gasteiger charge is -2.58. The summed E-state index contributed by atoms with van der Waals surface area (Å²) in [5.74, 6) is 1.48. The van der Waals surface area contributed by atoms with Crippen LogP contribution in [-0.4, -0.2) is 58.3 Å². The molecular weight excluding hydrogens is 354 g/mol. The lowest BCUT2D eigenvalue weighted by atomic mass is 9.52. The molecule has 7 nitrogen and oxygen atoms in total. The molecule has 2 aromatic heterocycles. The van der Waals surface area contributed by atoms with E-state index in [1.807, 2.05) is 31.3 Å². The zero-order valence-electron chi connectivity index (χ0n) is 16.5. The molecule has 0 spiro atoms. The Kier molecular flexibility index (Phi) is 4.14. The third kappa shape index (κ3) is 2.97. The van der Waals surface area contributed by atoms with Crippen molar-refractivity contribution in [2.45, 2.75) is 43.7 Å². The number of rotatable bonds is 5. The summed E-state index contributed by atoms with van der Waals surface area (Å²) in [4.78, 5) is 22.4. The van der Waals surface area contributed by atoms with E-state index in [-0.39, 0.29) is 5.91 Å². The second-order valence-corrected chi connectivity index (χ2v) is 9.39. The van der Waals surface area contributed by atoms with Gasteiger partial charge < -0.3 is 20.7 Å². The molecule has 0 saturated heterocycles. The molecule has 28 heavy (non-hydrogen) atoms. The van der Waals surface area contributed by atoms with Crippen LogP contribution in [0.2, 0.25) is 0 Å². The zero-order valence-corrected chi connectivity index (χ0v) is 16.5. The summed E-state index contributed by atoms with van der Waals surface area (Å²) in [6.45, 7) is 0.479. The van der Waals surface area contributed by atoms with Gasteiger partial charge in [0.2, 0.25) is 0 Å². The Hall–Kier alpha value is -2.12. The van der Waals surface area contributed by atoms with Gasteiger partial charge in [0.1, 0.15) is 5.65 Å². The van der Waals surface area contributed by atoms with Crippen LogP contribution in [0.4, 0.5) is 5.69 Å². The summed E-state index contributed by atoms with van der Waals surface area (Å²) in [6.07, 6.45) is 8.62. The van der Waals surface area contributed by atoms with Gasteiger partial charge in [-0.1, -0.05) is 0 Å². The van der Waals surface area contributed by atoms with Crippen molar-refractivity contribution < 1.29 is 9.90 Å². The average Bonchev–Trinajstić information content (AvgIpc) is 3.10. The summed E-state index contributed by atoms with van der Waals surface area (Å²) in [6, 6.07) is 2.29. The quantitative estimate of drug-likeness (QED) is 0.594. The fourth-order valence-electron chi connectivity index (χ4n) is 6.04. The minimum absolute atomic E-state index is 0.116. The number of aromatic nitrogens is 2. The number of anilines is 1. The van der Waals surface area contributed by atoms with E-state index in [9.17, 15) is 9.90 Å². The van der Waals surface area contributed by atoms with Crippen LogP contribution in [0.5, 0.6) is 0 Å². The van der Waals surface area contributed by atoms with Gasteiger partial charge in [-0.05, 0) is 70.0 Å². The molecule has 1 amide bonds. The van der Waals surface area contributed by atoms with Gasteiger partial charge in [-0.25, -0.2) is 4.98 Å². The Morgan fingerprint density at radius 2 is 2.07 bits per heavy atom. The average molecular weight is 383 g/mol. The van der Waals surface area contributed by atoms with E-state index in [2.05, 4.69) is 20.6 Å². The van der Waals surface area contributed by atoms with Crippen molar-refractivity contribution in [2.24, 2.45) is 17.8 Å². The molecule has 4 aliphatic carbocycles. The number of carbonyl (C=O) groups excluding carboxylic acids is 1. The first-order chi connectivity index (χ1) is 13.4. The van der Waals surface area contributed by atoms with Crippen molar-refractivity contribution >= 4 is 22.6 Å². The number of hydrogen-bond donors (Lipinski definition) is 4. The van der Waals surface area contributed by atoms with Crippen molar-refractivity contribution in [1.29, 1.82) is 0 Å². The number of aliphatic hydroxyl groups is 1. The summed E-state index contributed by atoms with van der Waals surface area (Å²) >= 11 is 0. The van der Waals surface area contributed by atoms with Gasteiger partial charge in [0.15, 0.2) is 0 Å². The standard InChI is InChI=1S/C21H29N5O2/c1-26(2)11-24-20(27)16-10-23-19-15(3-4-22-19)18(16)25-17-13-5-12-6-14(17)9-21(28,7-12)8-13/h3-4,10,12-14,17,28H,5-9,11H2,1-2H3,(H,24,27)(H2,22,23,25)/t12?,13-,14+,17?,21?. The Bertz CT molecular complexity index is 891. The SMILES string of the molecule is CN(C)CNC(=O)c1cnc2[nH]ccc2c1NC1[C@@H]2CC3C[C@H]1CC(O)(C3)C2. The number of nitrogens with one attached hydrogen (secondary N) is 3. The van der Waals surface area contributed by atoms with Crippen LogP contribution in [0.3, 0.4) is 0 Å². The number of H-pyrrole nitrogens is 1. The van der Waals surface area contributed by atoms with Crippen LogP contribution in [0.25, 0.3) is 11.0 Å². The van der Waals surface area contributed by atoms with Crippen molar-refractivity contribution in [2.75, 3.05) is 26.1 Å². The Balaban J connectivity index is 1.47. The molecule has 150 valence electrons. The lowest BCUT2D eigenvalue weighted by Crippen LogP contribution is -2.59. The summed E-state index contributed by atoms with van der Waals surface area (Å²) in [5, 5.41) is 18.5. The highest BCUT2D eigenvalue weighted by molar-refractivity contribution is 6.06. The van der Waals surface area contributed by atoms with E-state index in [0.717, 1.165) is 36.0 Å². The maximum atomic E-state index is 12.9. The molecule has 7 heteroatoms. The molecule has 4 aliphatic rings. The molecule has 2 aromatic rings. The monoisotopic (exact) mass is 383 g/mol. The van der Waals surface area contributed by atoms with Gasteiger partial charge >= 0.3 is 0 Å². The Labute approximate surface area is 164 Å². The molecule has 4 fully saturated rings. The highest BCUT2D eigenvalue weighted by atomic mass is 16.3. The molecule has 4 bridgehead atoms. The molecule has 0 radical (unpaired) electrons. The number of hydrogen-bond acceptors (Lipinski definition) is 5. The van der Waals surface area contributed by atoms with Gasteiger partial charge in [-0.3, -0.25) is 9.69 Å². The minimum atomic E-state index is -0.456. The third-order valence-corrected chi connectivity index (χ3v) is 6.94. The van der Waals surface area contributed by atoms with Gasteiger partial charge in [0, 0.05) is 23.8 Å². The number of aromatic amines is 1. The maximum Gasteiger partial charge on any atom is 0.255 e. The van der Waals surface area contributed by atoms with Gasteiger partial charge in [-0.15, -0.1) is 0 Å². The van der Waals surface area contributed by atoms with Crippen LogP contribution in [0, 0.1) is 17.8 Å². The van der Waals surface area contributed by atoms with E-state index in [1.165, 1.54) is 12.8 Å². The predicted octanol–water partition coefficient (Wildman–Crippen LogP) is 2.16. The fourth-order valence-corrected chi connectivity index (χ4v) is 6.04. The van der Waals surface area contributed by atoms with Crippen molar-refractivity contribution in [3.63, 3.8) is 0 Å². The van der Waals surface area contributed by atoms with E-state index in [4.69, 9.17) is 0 Å². The summed E-state index contributed by atoms with van der Waals surface area (Å²) in [7, 11) is 3.85. The number of fused-ring (bicyclic) bond motifs is 1. The normalized spacial score (nSPS) is 33.6. The minimum Gasteiger partial charge on any atom is -0.390 e. The molecule has 0 aromatic carbocycles. The van der Waals surface area contributed by atoms with Crippen LogP contribution in [-0.2, 0) is 0 Å². The first-order valence-electron chi connectivity index (χ1n) is 10.3. The van der Waals surface area contributed by atoms with Crippen LogP contribution in [0.1, 0.15) is 42.5 Å². The number of amides is 1. The third-order valence-electron chi connectivity index (χ3n) is 6.94. The Morgan fingerprint density at radius 1 is 1.32 bits per heavy atom. The first kappa shape index (κ1) is 17.9. The summed E-state index contributed by atoms with van der Waals surface area (Å²) in [5.41, 5.74) is 1.78. The van der Waals surface area contributed by atoms with Crippen LogP contribution >= 0.6 is 0 Å². The molecule has 4 N–H and O–H groups in total. The van der Waals surface area contributed by atoms with Gasteiger partial charge in [0.25, 0.3) is 5.91 Å². The smallest absolute Gasteiger partial charge is 0.255 e. The van der Waals surface area contributed by atoms with E-state index in [1.54, 1.807) is 6.20 Å². The summed E-state index contributed by atoms with van der Waals surface area (Å²) < 4.78 is 0. The van der Waals surface area contributed by atoms with Gasteiger partial charge in [-0.2, -0.15) is 0 Å². The van der Waals surface area contributed by atoms with E-state index < -0.39 is 5.60 Å². The highest BCUT2D eigenvalue weighted by Gasteiger charge is 2.54. The van der Waals surface area contributed by atoms with Crippen LogP contribution < -0.4 is 10.6 Å². The fraction of sp³-hybridized carbons (Fsp3) is 0.619. The van der Waals surface area contributed by atoms with E-state index >= 15 is 0 Å². The number of nitrogens with zero attached hydrogens (tertiary/aromatic N) is 2. The molecule has 0 aliphatic heterocycles. The molecule has 5 atom stereocenters. The van der Waals surface area contributed by atoms with Crippen molar-refractivity contribution in [3.05, 3.63) is 24.0 Å². The molecule has 4 saturated carbocycles. The van der Waals surface area contributed by atoms with Crippen molar-refractivity contribution in [1.82, 2.24) is 20.2 Å². The molecule has 6 rings (SSSR count). The Morgan fingerprint density at radius 3 is 2.75 bits per heavy atom. The zero-order chi connectivity index (χ0) is 19.5. The van der Waals surface area contributed by atoms with Gasteiger partial charge in [0.05, 0.1) is 23.5 Å². The molecule has 2 heterocycles.